The maximum atomic E-state index is 8.63. The number of para-hydroxylation sites is 7. The Morgan fingerprint density at radius 1 is 0.292 bits per heavy atom. The van der Waals surface area contributed by atoms with Crippen molar-refractivity contribution >= 4 is 136 Å². The van der Waals surface area contributed by atoms with E-state index < -0.39 is 0 Å². The van der Waals surface area contributed by atoms with E-state index in [0.717, 1.165) is 139 Å². The predicted octanol–water partition coefficient (Wildman–Crippen LogP) is 26.8. The fourth-order valence-electron chi connectivity index (χ4n) is 10.3. The van der Waals surface area contributed by atoms with Crippen LogP contribution in [0.3, 0.4) is 0 Å². The average molecular weight is 2680 g/mol. The van der Waals surface area contributed by atoms with E-state index in [1.165, 1.54) is 25.5 Å². The van der Waals surface area contributed by atoms with Crippen LogP contribution in [0.2, 0.25) is 0 Å². The van der Waals surface area contributed by atoms with Crippen molar-refractivity contribution in [1.29, 1.82) is 0 Å². The van der Waals surface area contributed by atoms with Gasteiger partial charge in [0.25, 0.3) is 0 Å². The Morgan fingerprint density at radius 2 is 0.492 bits per heavy atom. The Bertz CT molecular complexity index is 5080. The van der Waals surface area contributed by atoms with Crippen LogP contribution in [0, 0.1) is 30.3 Å². The summed E-state index contributed by atoms with van der Waals surface area (Å²) in [5.74, 6) is 1.95. The first-order chi connectivity index (χ1) is 63.2. The molecule has 15 aromatic rings. The second-order valence-electron chi connectivity index (χ2n) is 26.0. The quantitative estimate of drug-likeness (QED) is 0.0317. The average Bonchev–Trinajstić information content (AvgIpc) is 1.19. The van der Waals surface area contributed by atoms with E-state index in [0.29, 0.717) is 5.75 Å². The molecular weight excluding hydrogens is 2590 g/mol. The fraction of sp³-hybridized carbons (Fsp3) is 0.0943. The summed E-state index contributed by atoms with van der Waals surface area (Å²) in [6.07, 6.45) is 25.7. The van der Waals surface area contributed by atoms with Crippen LogP contribution in [0.25, 0.3) is 0 Å². The van der Waals surface area contributed by atoms with Crippen molar-refractivity contribution in [2.24, 2.45) is 49.9 Å². The molecule has 1 heterocycles. The number of ether oxygens (including phenoxy) is 2. The Labute approximate surface area is 840 Å². The summed E-state index contributed by atoms with van der Waals surface area (Å²) in [6, 6.07) is 129. The van der Waals surface area contributed by atoms with Crippen molar-refractivity contribution in [3.63, 3.8) is 0 Å². The van der Waals surface area contributed by atoms with Gasteiger partial charge in [-0.05, 0) is 208 Å². The minimum absolute atomic E-state index is 0. The van der Waals surface area contributed by atoms with E-state index in [1.807, 2.05) is 377 Å². The van der Waals surface area contributed by atoms with Gasteiger partial charge in [0, 0.05) is 40.5 Å². The summed E-state index contributed by atoms with van der Waals surface area (Å²) >= 11 is 4.83. The number of nitrogens with zero attached hydrogens (tertiary/aromatic N) is 13. The van der Waals surface area contributed by atoms with Gasteiger partial charge in [-0.25, -0.2) is 0 Å². The van der Waals surface area contributed by atoms with Gasteiger partial charge in [-0.15, -0.1) is 177 Å². The first-order valence-corrected chi connectivity index (χ1v) is 48.5. The molecule has 0 fully saturated rings. The number of aromatic hydroxyl groups is 1. The largest absolute Gasteiger partial charge is 2.00 e. The Balaban J connectivity index is 0.000000324. The van der Waals surface area contributed by atoms with E-state index in [1.54, 1.807) is 107 Å². The van der Waals surface area contributed by atoms with Crippen LogP contribution in [0.15, 0.2) is 414 Å². The minimum Gasteiger partial charge on any atom is -0.432 e. The molecule has 1 aromatic heterocycles. The van der Waals surface area contributed by atoms with Crippen LogP contribution in [0.5, 0.6) is 17.2 Å². The Hall–Kier alpha value is -11.4. The van der Waals surface area contributed by atoms with Crippen molar-refractivity contribution in [1.82, 2.24) is 15.2 Å². The Kier molecular flexibility index (Phi) is 62.7. The number of phenolic OH excluding ortho intramolecular Hbond substituents is 1. The normalized spacial score (nSPS) is 10.5. The molecule has 0 atom stereocenters. The molecule has 0 aliphatic heterocycles. The third kappa shape index (κ3) is 50.6. The van der Waals surface area contributed by atoms with Crippen LogP contribution in [0.4, 0.5) is 45.5 Å². The molecule has 24 heteroatoms. The second kappa shape index (κ2) is 73.4. The van der Waals surface area contributed by atoms with Crippen LogP contribution in [-0.4, -0.2) is 105 Å². The first kappa shape index (κ1) is 111. The summed E-state index contributed by atoms with van der Waals surface area (Å²) in [7, 11) is 17.1. The summed E-state index contributed by atoms with van der Waals surface area (Å²) in [5.41, 5.74) is 16.7. The van der Waals surface area contributed by atoms with E-state index in [-0.39, 0.29) is 42.1 Å². The number of benzene rings is 14. The van der Waals surface area contributed by atoms with Crippen LogP contribution >= 0.6 is 28.3 Å². The van der Waals surface area contributed by atoms with Gasteiger partial charge >= 0.3 is 106 Å². The number of rotatable bonds is 26. The standard InChI is InChI=1S/C22H19N2O2.3C20H15N2.C16H23N2.C6H6O.C2H2N3.3ClH.5Pt/c1-25-21-10-6-19(7-11-21)23-15-17-4-3-5-18(14-17)16-24-20-8-12-22(26-2)13-9-20;3*1-3-10-19(11-4-1)21-15-17-8-7-9-18(14-17)16-22-20-12-5-2-6-13-20;1-3-5-10-17-13-15-8-7-9-16(12-15)14-18-11-6-4-2;7-6-4-2-1-3-5-6;1-3-2-5-4-1;;;;;;;;/h3-13,15-16H,1-2H3;3*1-13,15-16H;7-9,13-14H,3-6,10-11H2,1-2H3;1-5,7H;1-2H;3*1H;;;;;/q5*-1;;-1;;;;;4*+2/p-3. The molecule has 674 valence electrons. The SMILES string of the molecule is CCCCN=Cc1[c-]c(C=NCCCC)ccc1.COc1ccc(N=Cc2[c-]c(C=Nc3ccc(OC)cc3)ccc2)cc1.Oc1ccccc1.[Cl][Pt+].[Cl][Pt+].[Cl][Pt+].[Pt+2].[Pt].[c-]1c(C=Nc2ccccc2)cccc1C=Nc1ccccc1.[c-]1c(C=Nc2ccccc2)cccc1C=Nc1ccccc1.[c-]1c(C=Nc2ccccc2)cccc1C=Nc1ccccc1.c1nc[n-]n1. The van der Waals surface area contributed by atoms with Crippen LogP contribution in [-0.2, 0) is 98.4 Å². The van der Waals surface area contributed by atoms with E-state index in [2.05, 4.69) is 138 Å². The number of unbranched alkanes of at least 4 members (excludes halogenated alkanes) is 2. The second-order valence-corrected chi connectivity index (χ2v) is 26.0. The molecule has 0 saturated carbocycles. The van der Waals surface area contributed by atoms with Gasteiger partial charge in [0.2, 0.25) is 0 Å². The minimum atomic E-state index is 0. The number of hydrogen-bond acceptors (Lipinski definition) is 15. The van der Waals surface area contributed by atoms with Crippen molar-refractivity contribution < 1.29 is 113 Å². The molecule has 0 unspecified atom stereocenters. The fourth-order valence-corrected chi connectivity index (χ4v) is 10.3. The van der Waals surface area contributed by atoms with Crippen molar-refractivity contribution in [3.8, 4) is 17.2 Å². The smallest absolute Gasteiger partial charge is 0.432 e. The molecule has 130 heavy (non-hydrogen) atoms. The number of halogens is 3. The summed E-state index contributed by atoms with van der Waals surface area (Å²) in [5, 5.41) is 15.4. The number of methoxy groups -OCH3 is 2. The summed E-state index contributed by atoms with van der Waals surface area (Å²) < 4.78 is 10.3. The Morgan fingerprint density at radius 3 is 0.654 bits per heavy atom. The van der Waals surface area contributed by atoms with Crippen molar-refractivity contribution in [2.75, 3.05) is 27.3 Å². The molecular formula is C106H95Cl3N13O3Pt5-. The molecule has 15 rings (SSSR count). The predicted molar refractivity (Wildman–Crippen MR) is 525 cm³/mol. The molecule has 0 aliphatic carbocycles. The third-order valence-electron chi connectivity index (χ3n) is 16.5. The van der Waals surface area contributed by atoms with E-state index in [9.17, 15) is 0 Å². The number of aromatic nitrogens is 3. The van der Waals surface area contributed by atoms with E-state index in [4.69, 9.17) is 14.6 Å². The first-order valence-electron chi connectivity index (χ1n) is 40.1. The van der Waals surface area contributed by atoms with Gasteiger partial charge in [0.1, 0.15) is 17.2 Å². The van der Waals surface area contributed by atoms with Crippen molar-refractivity contribution in [3.05, 3.63) is 450 Å². The molecule has 0 amide bonds. The topological polar surface area (TPSA) is 202 Å². The number of aliphatic imine (C=N–C) groups is 10. The van der Waals surface area contributed by atoms with Gasteiger partial charge < -0.3 is 34.6 Å². The summed E-state index contributed by atoms with van der Waals surface area (Å²) in [6.45, 7) is 6.16. The van der Waals surface area contributed by atoms with Crippen LogP contribution < -0.4 is 14.6 Å². The number of phenols is 1. The number of hydrogen-bond donors (Lipinski definition) is 1. The zero-order valence-corrected chi connectivity index (χ0v) is 85.1. The maximum absolute atomic E-state index is 8.63. The zero-order valence-electron chi connectivity index (χ0n) is 71.4. The molecule has 0 bridgehead atoms. The van der Waals surface area contributed by atoms with E-state index >= 15 is 0 Å². The van der Waals surface area contributed by atoms with Gasteiger partial charge in [0.05, 0.1) is 59.7 Å². The molecule has 1 N–H and O–H groups in total. The molecule has 16 nitrogen and oxygen atoms in total. The molecule has 0 saturated heterocycles. The monoisotopic (exact) mass is 2680 g/mol. The zero-order chi connectivity index (χ0) is 91.0. The third-order valence-corrected chi connectivity index (χ3v) is 16.5. The van der Waals surface area contributed by atoms with Gasteiger partial charge in [0.15, 0.2) is 0 Å². The van der Waals surface area contributed by atoms with Gasteiger partial charge in [-0.2, -0.15) is 0 Å². The molecule has 0 spiro atoms. The van der Waals surface area contributed by atoms with Crippen LogP contribution in [0.1, 0.15) is 95.2 Å². The molecule has 0 aliphatic rings. The van der Waals surface area contributed by atoms with Crippen molar-refractivity contribution in [2.45, 2.75) is 39.5 Å². The molecule has 0 radical (unpaired) electrons. The summed E-state index contributed by atoms with van der Waals surface area (Å²) in [4.78, 5) is 47.8. The molecule has 14 aromatic carbocycles. The van der Waals surface area contributed by atoms with Gasteiger partial charge in [-0.1, -0.05) is 160 Å². The maximum Gasteiger partial charge on any atom is 2.00 e. The van der Waals surface area contributed by atoms with Gasteiger partial charge in [-0.3, -0.25) is 45.0 Å².